The van der Waals surface area contributed by atoms with Crippen molar-refractivity contribution < 1.29 is 19.8 Å². The summed E-state index contributed by atoms with van der Waals surface area (Å²) < 4.78 is 0. The van der Waals surface area contributed by atoms with Crippen molar-refractivity contribution in [1.29, 1.82) is 0 Å². The number of aliphatic hydroxyl groups is 1. The van der Waals surface area contributed by atoms with Gasteiger partial charge in [-0.1, -0.05) is 0 Å². The fourth-order valence-corrected chi connectivity index (χ4v) is 0.517. The van der Waals surface area contributed by atoms with E-state index in [4.69, 9.17) is 10.2 Å². The fraction of sp³-hybridized carbons (Fsp3) is 0.600. The van der Waals surface area contributed by atoms with Crippen molar-refractivity contribution in [2.75, 3.05) is 12.4 Å². The normalized spacial score (nSPS) is 12.2. The number of aliphatic hydroxyl groups excluding tert-OH is 1. The number of carbonyl (C=O) groups is 2. The molecule has 0 saturated heterocycles. The first kappa shape index (κ1) is 10.2. The zero-order valence-electron chi connectivity index (χ0n) is 5.65. The topological polar surface area (TPSA) is 86.6 Å². The van der Waals surface area contributed by atoms with E-state index in [0.717, 1.165) is 0 Å². The molecule has 1 atom stereocenters. The van der Waals surface area contributed by atoms with E-state index in [-0.39, 0.29) is 5.75 Å². The van der Waals surface area contributed by atoms with E-state index in [2.05, 4.69) is 17.9 Å². The largest absolute Gasteiger partial charge is 0.480 e. The average Bonchev–Trinajstić information content (AvgIpc) is 1.99. The van der Waals surface area contributed by atoms with Gasteiger partial charge in [0.1, 0.15) is 6.04 Å². The minimum Gasteiger partial charge on any atom is -0.480 e. The molecule has 0 fully saturated rings. The third-order valence-corrected chi connectivity index (χ3v) is 1.25. The number of amides is 1. The van der Waals surface area contributed by atoms with E-state index in [1.807, 2.05) is 0 Å². The highest BCUT2D eigenvalue weighted by molar-refractivity contribution is 7.81. The van der Waals surface area contributed by atoms with Crippen LogP contribution < -0.4 is 5.32 Å². The second-order valence-corrected chi connectivity index (χ2v) is 2.12. The van der Waals surface area contributed by atoms with E-state index in [0.29, 0.717) is 0 Å². The van der Waals surface area contributed by atoms with Gasteiger partial charge in [0.25, 0.3) is 0 Å². The molecule has 64 valence electrons. The molecule has 0 aromatic carbocycles. The van der Waals surface area contributed by atoms with Crippen LogP contribution in [0, 0.1) is 0 Å². The first-order valence-corrected chi connectivity index (χ1v) is 3.49. The minimum absolute atomic E-state index is 0.0935. The quantitative estimate of drug-likeness (QED) is 0.395. The number of aliphatic carboxylic acids is 1. The number of carboxylic acid groups (broad SMARTS) is 1. The Morgan fingerprint density at radius 3 is 2.36 bits per heavy atom. The molecule has 3 N–H and O–H groups in total. The highest BCUT2D eigenvalue weighted by Crippen LogP contribution is 1.83. The third-order valence-electron chi connectivity index (χ3n) is 0.959. The minimum atomic E-state index is -1.26. The number of hydrogen-bond donors (Lipinski definition) is 4. The highest BCUT2D eigenvalue weighted by atomic mass is 32.1. The number of hydrogen-bond acceptors (Lipinski definition) is 4. The predicted molar refractivity (Wildman–Crippen MR) is 40.5 cm³/mol. The molecule has 6 heteroatoms. The number of nitrogens with one attached hydrogen (secondary N) is 1. The van der Waals surface area contributed by atoms with E-state index in [1.54, 1.807) is 0 Å². The third kappa shape index (κ3) is 3.84. The lowest BCUT2D eigenvalue weighted by Gasteiger charge is -2.09. The molecule has 0 rings (SSSR count). The lowest BCUT2D eigenvalue weighted by Crippen LogP contribution is -2.43. The van der Waals surface area contributed by atoms with Gasteiger partial charge in [-0.05, 0) is 0 Å². The maximum atomic E-state index is 10.5. The standard InChI is InChI=1S/C5H9NO4S/c7-1-3(5(9)10)6-4(8)2-11/h3,7,11H,1-2H2,(H,6,8)(H,9,10). The lowest BCUT2D eigenvalue weighted by atomic mass is 10.3. The van der Waals surface area contributed by atoms with Crippen molar-refractivity contribution in [1.82, 2.24) is 5.32 Å². The van der Waals surface area contributed by atoms with Gasteiger partial charge < -0.3 is 15.5 Å². The van der Waals surface area contributed by atoms with Gasteiger partial charge in [0.2, 0.25) is 5.91 Å². The van der Waals surface area contributed by atoms with Crippen molar-refractivity contribution in [3.05, 3.63) is 0 Å². The van der Waals surface area contributed by atoms with Gasteiger partial charge in [0, 0.05) is 0 Å². The summed E-state index contributed by atoms with van der Waals surface area (Å²) in [6, 6.07) is -1.23. The second kappa shape index (κ2) is 4.97. The van der Waals surface area contributed by atoms with E-state index < -0.39 is 24.5 Å². The molecule has 0 aliphatic rings. The van der Waals surface area contributed by atoms with Crippen molar-refractivity contribution in [3.63, 3.8) is 0 Å². The van der Waals surface area contributed by atoms with Crippen LogP contribution in [-0.4, -0.2) is 40.5 Å². The van der Waals surface area contributed by atoms with Gasteiger partial charge in [-0.3, -0.25) is 4.79 Å². The molecule has 0 saturated carbocycles. The number of carbonyl (C=O) groups excluding carboxylic acids is 1. The second-order valence-electron chi connectivity index (χ2n) is 1.80. The Kier molecular flexibility index (Phi) is 4.64. The van der Waals surface area contributed by atoms with Gasteiger partial charge in [0.05, 0.1) is 12.4 Å². The Morgan fingerprint density at radius 1 is 1.55 bits per heavy atom. The maximum absolute atomic E-state index is 10.5. The number of rotatable bonds is 4. The molecule has 0 aliphatic carbocycles. The van der Waals surface area contributed by atoms with Crippen LogP contribution in [0.25, 0.3) is 0 Å². The molecule has 1 unspecified atom stereocenters. The van der Waals surface area contributed by atoms with Gasteiger partial charge in [-0.2, -0.15) is 12.6 Å². The van der Waals surface area contributed by atoms with Crippen LogP contribution in [0.15, 0.2) is 0 Å². The molecule has 0 aromatic heterocycles. The van der Waals surface area contributed by atoms with Gasteiger partial charge >= 0.3 is 5.97 Å². The molecule has 0 heterocycles. The summed E-state index contributed by atoms with van der Waals surface area (Å²) in [5, 5.41) is 18.8. The average molecular weight is 179 g/mol. The maximum Gasteiger partial charge on any atom is 0.328 e. The van der Waals surface area contributed by atoms with Crippen LogP contribution in [-0.2, 0) is 9.59 Å². The molecule has 1 amide bonds. The zero-order chi connectivity index (χ0) is 8.85. The summed E-state index contributed by atoms with van der Waals surface area (Å²) in [5.74, 6) is -1.87. The number of carboxylic acids is 1. The Labute approximate surface area is 68.8 Å². The highest BCUT2D eigenvalue weighted by Gasteiger charge is 2.17. The first-order chi connectivity index (χ1) is 5.11. The molecule has 0 aromatic rings. The lowest BCUT2D eigenvalue weighted by molar-refractivity contribution is -0.142. The van der Waals surface area contributed by atoms with Crippen LogP contribution in [0.5, 0.6) is 0 Å². The van der Waals surface area contributed by atoms with Crippen molar-refractivity contribution in [3.8, 4) is 0 Å². The molecular weight excluding hydrogens is 170 g/mol. The molecule has 11 heavy (non-hydrogen) atoms. The van der Waals surface area contributed by atoms with Crippen LogP contribution in [0.2, 0.25) is 0 Å². The van der Waals surface area contributed by atoms with Crippen molar-refractivity contribution in [2.45, 2.75) is 6.04 Å². The SMILES string of the molecule is O=C(CS)NC(CO)C(=O)O. The summed E-state index contributed by atoms with van der Waals surface area (Å²) in [6.45, 7) is -0.616. The summed E-state index contributed by atoms with van der Waals surface area (Å²) in [6.07, 6.45) is 0. The summed E-state index contributed by atoms with van der Waals surface area (Å²) in [7, 11) is 0. The molecule has 0 spiro atoms. The smallest absolute Gasteiger partial charge is 0.328 e. The molecule has 0 radical (unpaired) electrons. The van der Waals surface area contributed by atoms with Crippen LogP contribution in [0.3, 0.4) is 0 Å². The van der Waals surface area contributed by atoms with E-state index >= 15 is 0 Å². The Bertz CT molecular complexity index is 161. The molecule has 0 aliphatic heterocycles. The Morgan fingerprint density at radius 2 is 2.09 bits per heavy atom. The number of thiol groups is 1. The van der Waals surface area contributed by atoms with Crippen molar-refractivity contribution in [2.24, 2.45) is 0 Å². The zero-order valence-corrected chi connectivity index (χ0v) is 6.54. The van der Waals surface area contributed by atoms with Gasteiger partial charge in [-0.25, -0.2) is 4.79 Å². The van der Waals surface area contributed by atoms with Crippen molar-refractivity contribution >= 4 is 24.5 Å². The monoisotopic (exact) mass is 179 g/mol. The Balaban J connectivity index is 3.88. The summed E-state index contributed by atoms with van der Waals surface area (Å²) in [5.41, 5.74) is 0. The summed E-state index contributed by atoms with van der Waals surface area (Å²) >= 11 is 3.61. The van der Waals surface area contributed by atoms with E-state index in [9.17, 15) is 9.59 Å². The van der Waals surface area contributed by atoms with Gasteiger partial charge in [-0.15, -0.1) is 0 Å². The van der Waals surface area contributed by atoms with Crippen LogP contribution in [0.4, 0.5) is 0 Å². The fourth-order valence-electron chi connectivity index (χ4n) is 0.425. The Hall–Kier alpha value is -0.750. The van der Waals surface area contributed by atoms with Crippen LogP contribution in [0.1, 0.15) is 0 Å². The van der Waals surface area contributed by atoms with Gasteiger partial charge in [0.15, 0.2) is 0 Å². The predicted octanol–water partition coefficient (Wildman–Crippen LogP) is -1.52. The van der Waals surface area contributed by atoms with E-state index in [1.165, 1.54) is 0 Å². The molecule has 5 nitrogen and oxygen atoms in total. The first-order valence-electron chi connectivity index (χ1n) is 2.85. The summed E-state index contributed by atoms with van der Waals surface area (Å²) in [4.78, 5) is 20.7. The molecular formula is C5H9NO4S. The molecule has 0 bridgehead atoms. The van der Waals surface area contributed by atoms with Crippen LogP contribution >= 0.6 is 12.6 Å².